The number of nitrogens with zero attached hydrogens (tertiary/aromatic N) is 1. The molecule has 3 rings (SSSR count). The molecule has 7 nitrogen and oxygen atoms in total. The summed E-state index contributed by atoms with van der Waals surface area (Å²) < 4.78 is 15.4. The molecule has 2 bridgehead atoms. The molecule has 5 atom stereocenters. The van der Waals surface area contributed by atoms with Gasteiger partial charge in [-0.3, -0.25) is 9.59 Å². The van der Waals surface area contributed by atoms with Gasteiger partial charge in [-0.1, -0.05) is 13.8 Å². The summed E-state index contributed by atoms with van der Waals surface area (Å²) in [4.78, 5) is 35.0. The lowest BCUT2D eigenvalue weighted by molar-refractivity contribution is -0.170. The van der Waals surface area contributed by atoms with Crippen LogP contribution in [0, 0.1) is 34.5 Å². The lowest BCUT2D eigenvalue weighted by atomic mass is 9.75. The van der Waals surface area contributed by atoms with Crippen molar-refractivity contribution in [3.8, 4) is 6.07 Å². The van der Waals surface area contributed by atoms with Gasteiger partial charge in [-0.2, -0.15) is 5.26 Å². The zero-order chi connectivity index (χ0) is 16.1. The second-order valence-electron chi connectivity index (χ2n) is 6.48. The highest BCUT2D eigenvalue weighted by atomic mass is 16.6. The Morgan fingerprint density at radius 2 is 2.23 bits per heavy atom. The Hall–Kier alpha value is -2.10. The first-order valence-electron chi connectivity index (χ1n) is 7.37. The van der Waals surface area contributed by atoms with Crippen molar-refractivity contribution >= 4 is 17.9 Å². The molecule has 0 spiro atoms. The second-order valence-corrected chi connectivity index (χ2v) is 6.48. The monoisotopic (exact) mass is 307 g/mol. The van der Waals surface area contributed by atoms with Crippen LogP contribution in [0.15, 0.2) is 0 Å². The molecule has 0 aromatic heterocycles. The van der Waals surface area contributed by atoms with Crippen LogP contribution in [0.4, 0.5) is 0 Å². The number of fused-ring (bicyclic) bond motifs is 1. The van der Waals surface area contributed by atoms with Crippen LogP contribution in [0.5, 0.6) is 0 Å². The maximum Gasteiger partial charge on any atom is 0.344 e. The maximum atomic E-state index is 11.9. The Bertz CT molecular complexity index is 579. The van der Waals surface area contributed by atoms with E-state index in [2.05, 4.69) is 6.07 Å². The van der Waals surface area contributed by atoms with E-state index in [1.165, 1.54) is 0 Å². The molecule has 1 heterocycles. The molecule has 0 N–H and O–H groups in total. The van der Waals surface area contributed by atoms with Crippen molar-refractivity contribution < 1.29 is 28.6 Å². The van der Waals surface area contributed by atoms with Gasteiger partial charge in [0.05, 0.1) is 12.0 Å². The molecule has 118 valence electrons. The molecule has 2 saturated carbocycles. The average molecular weight is 307 g/mol. The Morgan fingerprint density at radius 3 is 2.86 bits per heavy atom. The first-order chi connectivity index (χ1) is 10.4. The van der Waals surface area contributed by atoms with Crippen LogP contribution in [0.3, 0.4) is 0 Å². The predicted molar refractivity (Wildman–Crippen MR) is 69.8 cm³/mol. The lowest BCUT2D eigenvalue weighted by Gasteiger charge is -2.27. The van der Waals surface area contributed by atoms with Crippen molar-refractivity contribution in [2.24, 2.45) is 23.2 Å². The standard InChI is InChI=1S/C15H17NO6/c1-7(2)13(18)20-5-10(17)21-11-8-3-9-12(11)22-14(19)15(9,4-8)6-16/h7-9,11-12H,3-5H2,1-2H3. The van der Waals surface area contributed by atoms with E-state index in [1.54, 1.807) is 13.8 Å². The molecule has 0 amide bonds. The fourth-order valence-electron chi connectivity index (χ4n) is 3.77. The highest BCUT2D eigenvalue weighted by Gasteiger charge is 2.72. The third-order valence-electron chi connectivity index (χ3n) is 4.84. The summed E-state index contributed by atoms with van der Waals surface area (Å²) in [6, 6.07) is 2.09. The topological polar surface area (TPSA) is 103 Å². The van der Waals surface area contributed by atoms with Gasteiger partial charge in [0.25, 0.3) is 0 Å². The summed E-state index contributed by atoms with van der Waals surface area (Å²) in [5, 5.41) is 9.29. The van der Waals surface area contributed by atoms with E-state index in [1.807, 2.05) is 0 Å². The SMILES string of the molecule is CC(C)C(=O)OCC(=O)OC1C2CC3C1OC(=O)C3(C#N)C2. The molecule has 1 saturated heterocycles. The Morgan fingerprint density at radius 1 is 1.50 bits per heavy atom. The normalized spacial score (nSPS) is 37.8. The first kappa shape index (κ1) is 14.8. The summed E-state index contributed by atoms with van der Waals surface area (Å²) in [5.74, 6) is -2.20. The Kier molecular flexibility index (Phi) is 3.35. The second kappa shape index (κ2) is 4.97. The van der Waals surface area contributed by atoms with Crippen LogP contribution in [-0.4, -0.2) is 36.7 Å². The minimum Gasteiger partial charge on any atom is -0.457 e. The molecule has 7 heteroatoms. The van der Waals surface area contributed by atoms with Gasteiger partial charge in [-0.05, 0) is 12.8 Å². The minimum atomic E-state index is -1.05. The zero-order valence-corrected chi connectivity index (χ0v) is 12.4. The van der Waals surface area contributed by atoms with Gasteiger partial charge in [0.15, 0.2) is 12.0 Å². The summed E-state index contributed by atoms with van der Waals surface area (Å²) in [6.45, 7) is 2.89. The van der Waals surface area contributed by atoms with Crippen molar-refractivity contribution in [1.82, 2.24) is 0 Å². The molecular formula is C15H17NO6. The summed E-state index contributed by atoms with van der Waals surface area (Å²) in [7, 11) is 0. The molecule has 0 aromatic carbocycles. The van der Waals surface area contributed by atoms with E-state index in [9.17, 15) is 19.6 Å². The van der Waals surface area contributed by atoms with Crippen molar-refractivity contribution in [3.63, 3.8) is 0 Å². The lowest BCUT2D eigenvalue weighted by Crippen LogP contribution is -2.40. The van der Waals surface area contributed by atoms with E-state index < -0.39 is 42.1 Å². The van der Waals surface area contributed by atoms with Crippen LogP contribution in [0.1, 0.15) is 26.7 Å². The number of hydrogen-bond acceptors (Lipinski definition) is 7. The van der Waals surface area contributed by atoms with Crippen molar-refractivity contribution in [2.45, 2.75) is 38.9 Å². The number of rotatable bonds is 4. The summed E-state index contributed by atoms with van der Waals surface area (Å²) in [6.07, 6.45) is -0.0696. The third kappa shape index (κ3) is 1.97. The Balaban J connectivity index is 1.60. The van der Waals surface area contributed by atoms with E-state index >= 15 is 0 Å². The largest absolute Gasteiger partial charge is 0.457 e. The quantitative estimate of drug-likeness (QED) is 0.552. The van der Waals surface area contributed by atoms with Crippen LogP contribution in [0.25, 0.3) is 0 Å². The van der Waals surface area contributed by atoms with Crippen molar-refractivity contribution in [1.29, 1.82) is 5.26 Å². The smallest absolute Gasteiger partial charge is 0.344 e. The molecule has 0 radical (unpaired) electrons. The molecule has 1 aliphatic heterocycles. The number of esters is 3. The number of ether oxygens (including phenoxy) is 3. The van der Waals surface area contributed by atoms with E-state index in [0.717, 1.165) is 0 Å². The maximum absolute atomic E-state index is 11.9. The predicted octanol–water partition coefficient (Wildman–Crippen LogP) is 0.573. The van der Waals surface area contributed by atoms with Gasteiger partial charge < -0.3 is 14.2 Å². The third-order valence-corrected chi connectivity index (χ3v) is 4.84. The number of nitriles is 1. The number of carbonyl (C=O) groups is 3. The van der Waals surface area contributed by atoms with E-state index in [0.29, 0.717) is 12.8 Å². The molecule has 3 fully saturated rings. The minimum absolute atomic E-state index is 0.0501. The van der Waals surface area contributed by atoms with Crippen LogP contribution >= 0.6 is 0 Å². The molecule has 22 heavy (non-hydrogen) atoms. The van der Waals surface area contributed by atoms with E-state index in [4.69, 9.17) is 14.2 Å². The van der Waals surface area contributed by atoms with Gasteiger partial charge in [0.2, 0.25) is 0 Å². The van der Waals surface area contributed by atoms with Crippen molar-refractivity contribution in [3.05, 3.63) is 0 Å². The first-order valence-corrected chi connectivity index (χ1v) is 7.37. The molecular weight excluding hydrogens is 290 g/mol. The highest BCUT2D eigenvalue weighted by molar-refractivity contribution is 5.84. The zero-order valence-electron chi connectivity index (χ0n) is 12.4. The number of carbonyl (C=O) groups excluding carboxylic acids is 3. The van der Waals surface area contributed by atoms with Gasteiger partial charge in [-0.25, -0.2) is 4.79 Å². The highest BCUT2D eigenvalue weighted by Crippen LogP contribution is 2.62. The van der Waals surface area contributed by atoms with Gasteiger partial charge in [0.1, 0.15) is 12.2 Å². The number of hydrogen-bond donors (Lipinski definition) is 0. The van der Waals surface area contributed by atoms with Gasteiger partial charge >= 0.3 is 17.9 Å². The van der Waals surface area contributed by atoms with Crippen LogP contribution in [-0.2, 0) is 28.6 Å². The van der Waals surface area contributed by atoms with E-state index in [-0.39, 0.29) is 17.8 Å². The summed E-state index contributed by atoms with van der Waals surface area (Å²) in [5.41, 5.74) is -1.05. The van der Waals surface area contributed by atoms with Gasteiger partial charge in [-0.15, -0.1) is 0 Å². The molecule has 5 unspecified atom stereocenters. The molecule has 0 aromatic rings. The average Bonchev–Trinajstić information content (AvgIpc) is 3.06. The Labute approximate surface area is 127 Å². The molecule has 3 aliphatic rings. The van der Waals surface area contributed by atoms with Crippen LogP contribution in [0.2, 0.25) is 0 Å². The fraction of sp³-hybridized carbons (Fsp3) is 0.733. The molecule has 2 aliphatic carbocycles. The fourth-order valence-corrected chi connectivity index (χ4v) is 3.77. The van der Waals surface area contributed by atoms with Gasteiger partial charge in [0, 0.05) is 11.8 Å². The van der Waals surface area contributed by atoms with Crippen molar-refractivity contribution in [2.75, 3.05) is 6.61 Å². The van der Waals surface area contributed by atoms with Crippen LogP contribution < -0.4 is 0 Å². The summed E-state index contributed by atoms with van der Waals surface area (Å²) >= 11 is 0.